The number of ether oxygens (including phenoxy) is 3. The van der Waals surface area contributed by atoms with Crippen molar-refractivity contribution < 1.29 is 23.8 Å². The van der Waals surface area contributed by atoms with E-state index in [1.165, 1.54) is 37.7 Å². The third-order valence-corrected chi connectivity index (χ3v) is 3.08. The second kappa shape index (κ2) is 6.16. The van der Waals surface area contributed by atoms with Crippen LogP contribution >= 0.6 is 11.3 Å². The largest absolute Gasteiger partial charge is 0.465 e. The molecule has 1 aromatic carbocycles. The van der Waals surface area contributed by atoms with Crippen molar-refractivity contribution in [1.82, 2.24) is 4.98 Å². The number of hydrogen-bond donors (Lipinski definition) is 0. The normalized spacial score (nSPS) is 9.90. The molecule has 7 heteroatoms. The Morgan fingerprint density at radius 3 is 2.40 bits per heavy atom. The molecule has 20 heavy (non-hydrogen) atoms. The number of hydrogen-bond acceptors (Lipinski definition) is 7. The van der Waals surface area contributed by atoms with Crippen molar-refractivity contribution in [3.63, 3.8) is 0 Å². The minimum Gasteiger partial charge on any atom is -0.465 e. The van der Waals surface area contributed by atoms with Crippen LogP contribution in [-0.4, -0.2) is 31.1 Å². The molecule has 0 saturated heterocycles. The molecule has 2 rings (SSSR count). The molecular weight excluding hydrogens is 282 g/mol. The second-order valence-electron chi connectivity index (χ2n) is 3.61. The number of methoxy groups -OCH3 is 2. The Bertz CT molecular complexity index is 624. The SMILES string of the molecule is COC(=O)c1ccc(Oc2cncs2)cc1C(=O)OC. The van der Waals surface area contributed by atoms with Crippen molar-refractivity contribution in [1.29, 1.82) is 0 Å². The summed E-state index contributed by atoms with van der Waals surface area (Å²) in [6.07, 6.45) is 1.55. The van der Waals surface area contributed by atoms with Crippen LogP contribution in [0.2, 0.25) is 0 Å². The van der Waals surface area contributed by atoms with Gasteiger partial charge in [0.1, 0.15) is 5.75 Å². The van der Waals surface area contributed by atoms with Crippen molar-refractivity contribution >= 4 is 23.3 Å². The van der Waals surface area contributed by atoms with Crippen molar-refractivity contribution in [3.05, 3.63) is 41.0 Å². The number of aromatic nitrogens is 1. The average Bonchev–Trinajstić information content (AvgIpc) is 2.98. The van der Waals surface area contributed by atoms with Crippen LogP contribution in [0.4, 0.5) is 0 Å². The van der Waals surface area contributed by atoms with E-state index in [4.69, 9.17) is 4.74 Å². The number of thiazole rings is 1. The Morgan fingerprint density at radius 1 is 1.10 bits per heavy atom. The third-order valence-electron chi connectivity index (χ3n) is 2.43. The molecule has 0 saturated carbocycles. The zero-order valence-electron chi connectivity index (χ0n) is 10.8. The summed E-state index contributed by atoms with van der Waals surface area (Å²) in [5.41, 5.74) is 1.83. The molecule has 0 spiro atoms. The van der Waals surface area contributed by atoms with Gasteiger partial charge in [-0.3, -0.25) is 0 Å². The Labute approximate surface area is 118 Å². The molecule has 0 N–H and O–H groups in total. The molecule has 2 aromatic rings. The van der Waals surface area contributed by atoms with Crippen LogP contribution in [0.25, 0.3) is 0 Å². The molecule has 1 heterocycles. The van der Waals surface area contributed by atoms with Gasteiger partial charge >= 0.3 is 11.9 Å². The first-order valence-corrected chi connectivity index (χ1v) is 6.40. The lowest BCUT2D eigenvalue weighted by Crippen LogP contribution is -2.11. The molecule has 6 nitrogen and oxygen atoms in total. The predicted molar refractivity (Wildman–Crippen MR) is 71.3 cm³/mol. The topological polar surface area (TPSA) is 74.7 Å². The lowest BCUT2D eigenvalue weighted by molar-refractivity contribution is 0.0555. The summed E-state index contributed by atoms with van der Waals surface area (Å²) in [6.45, 7) is 0. The van der Waals surface area contributed by atoms with Crippen molar-refractivity contribution in [3.8, 4) is 10.8 Å². The Hall–Kier alpha value is -2.41. The van der Waals surface area contributed by atoms with E-state index in [-0.39, 0.29) is 11.1 Å². The van der Waals surface area contributed by atoms with E-state index in [1.54, 1.807) is 17.8 Å². The summed E-state index contributed by atoms with van der Waals surface area (Å²) in [7, 11) is 2.48. The van der Waals surface area contributed by atoms with Gasteiger partial charge in [0.25, 0.3) is 0 Å². The molecule has 0 radical (unpaired) electrons. The van der Waals surface area contributed by atoms with E-state index >= 15 is 0 Å². The lowest BCUT2D eigenvalue weighted by atomic mass is 10.1. The summed E-state index contributed by atoms with van der Waals surface area (Å²) in [5, 5.41) is 0.576. The highest BCUT2D eigenvalue weighted by Gasteiger charge is 2.19. The molecule has 0 aliphatic heterocycles. The minimum atomic E-state index is -0.639. The molecule has 104 valence electrons. The van der Waals surface area contributed by atoms with E-state index in [2.05, 4.69) is 14.5 Å². The van der Waals surface area contributed by atoms with E-state index in [9.17, 15) is 9.59 Å². The number of carbonyl (C=O) groups is 2. The summed E-state index contributed by atoms with van der Waals surface area (Å²) in [4.78, 5) is 27.2. The lowest BCUT2D eigenvalue weighted by Gasteiger charge is -2.09. The van der Waals surface area contributed by atoms with Crippen molar-refractivity contribution in [2.75, 3.05) is 14.2 Å². The van der Waals surface area contributed by atoms with Crippen LogP contribution < -0.4 is 4.74 Å². The molecular formula is C13H11NO5S. The monoisotopic (exact) mass is 293 g/mol. The van der Waals surface area contributed by atoms with Crippen LogP contribution in [0.1, 0.15) is 20.7 Å². The molecule has 0 bridgehead atoms. The van der Waals surface area contributed by atoms with Gasteiger partial charge in [-0.15, -0.1) is 0 Å². The van der Waals surface area contributed by atoms with Crippen LogP contribution in [-0.2, 0) is 9.47 Å². The van der Waals surface area contributed by atoms with Gasteiger partial charge in [0, 0.05) is 0 Å². The van der Waals surface area contributed by atoms with Gasteiger partial charge in [0.15, 0.2) is 0 Å². The fraction of sp³-hybridized carbons (Fsp3) is 0.154. The Morgan fingerprint density at radius 2 is 1.80 bits per heavy atom. The highest BCUT2D eigenvalue weighted by Crippen LogP contribution is 2.27. The number of benzene rings is 1. The first-order chi connectivity index (χ1) is 9.65. The number of carbonyl (C=O) groups excluding carboxylic acids is 2. The van der Waals surface area contributed by atoms with Crippen LogP contribution in [0.15, 0.2) is 29.9 Å². The standard InChI is InChI=1S/C13H11NO5S/c1-17-12(15)9-4-3-8(5-10(9)13(16)18-2)19-11-6-14-7-20-11/h3-7H,1-2H3. The molecule has 0 unspecified atom stereocenters. The van der Waals surface area contributed by atoms with Gasteiger partial charge in [0.2, 0.25) is 5.06 Å². The number of rotatable bonds is 4. The Kier molecular flexibility index (Phi) is 4.31. The van der Waals surface area contributed by atoms with Crippen LogP contribution in [0.5, 0.6) is 10.8 Å². The third kappa shape index (κ3) is 2.94. The number of esters is 2. The minimum absolute atomic E-state index is 0.0846. The van der Waals surface area contributed by atoms with Gasteiger partial charge in [-0.2, -0.15) is 0 Å². The predicted octanol–water partition coefficient (Wildman–Crippen LogP) is 2.51. The molecule has 0 aliphatic rings. The quantitative estimate of drug-likeness (QED) is 0.806. The molecule has 0 atom stereocenters. The molecule has 1 aromatic heterocycles. The molecule has 0 aliphatic carbocycles. The maximum absolute atomic E-state index is 11.7. The van der Waals surface area contributed by atoms with Crippen LogP contribution in [0.3, 0.4) is 0 Å². The van der Waals surface area contributed by atoms with Gasteiger partial charge < -0.3 is 14.2 Å². The van der Waals surface area contributed by atoms with Crippen molar-refractivity contribution in [2.45, 2.75) is 0 Å². The zero-order chi connectivity index (χ0) is 14.5. The first-order valence-electron chi connectivity index (χ1n) is 5.52. The first kappa shape index (κ1) is 14.0. The fourth-order valence-corrected chi connectivity index (χ4v) is 2.02. The number of nitrogens with zero attached hydrogens (tertiary/aromatic N) is 1. The van der Waals surface area contributed by atoms with Gasteiger partial charge in [-0.25, -0.2) is 14.6 Å². The highest BCUT2D eigenvalue weighted by molar-refractivity contribution is 7.11. The van der Waals surface area contributed by atoms with Crippen molar-refractivity contribution in [2.24, 2.45) is 0 Å². The van der Waals surface area contributed by atoms with E-state index in [0.717, 1.165) is 0 Å². The van der Waals surface area contributed by atoms with Crippen LogP contribution in [0, 0.1) is 0 Å². The summed E-state index contributed by atoms with van der Waals surface area (Å²) in [5.74, 6) is -0.850. The average molecular weight is 293 g/mol. The van der Waals surface area contributed by atoms with Gasteiger partial charge in [-0.1, -0.05) is 11.3 Å². The summed E-state index contributed by atoms with van der Waals surface area (Å²) in [6, 6.07) is 4.45. The van der Waals surface area contributed by atoms with Gasteiger partial charge in [-0.05, 0) is 18.2 Å². The van der Waals surface area contributed by atoms with E-state index in [0.29, 0.717) is 10.8 Å². The highest BCUT2D eigenvalue weighted by atomic mass is 32.1. The summed E-state index contributed by atoms with van der Waals surface area (Å²) >= 11 is 1.31. The summed E-state index contributed by atoms with van der Waals surface area (Å²) < 4.78 is 14.8. The maximum atomic E-state index is 11.7. The molecule has 0 fully saturated rings. The van der Waals surface area contributed by atoms with E-state index < -0.39 is 11.9 Å². The maximum Gasteiger partial charge on any atom is 0.338 e. The van der Waals surface area contributed by atoms with Gasteiger partial charge in [0.05, 0.1) is 37.1 Å². The molecule has 0 amide bonds. The second-order valence-corrected chi connectivity index (χ2v) is 4.46. The van der Waals surface area contributed by atoms with E-state index in [1.807, 2.05) is 0 Å². The Balaban J connectivity index is 2.37. The smallest absolute Gasteiger partial charge is 0.338 e. The zero-order valence-corrected chi connectivity index (χ0v) is 11.6. The fourth-order valence-electron chi connectivity index (χ4n) is 1.52.